The summed E-state index contributed by atoms with van der Waals surface area (Å²) >= 11 is 0. The molecule has 0 bridgehead atoms. The Morgan fingerprint density at radius 3 is 2.69 bits per heavy atom. The zero-order chi connectivity index (χ0) is 9.68. The Hall–Kier alpha value is -0.570. The monoisotopic (exact) mass is 185 g/mol. The molecule has 0 aliphatic heterocycles. The molecule has 1 fully saturated rings. The lowest BCUT2D eigenvalue weighted by molar-refractivity contribution is -0.137. The standard InChI is InChI=1S/C10H19NO2/c1-8(6-7-10(12)13)11-9-4-2-3-5-9/h8-9,11H,2-7H2,1H3,(H,12,13). The van der Waals surface area contributed by atoms with Crippen LogP contribution in [0.15, 0.2) is 0 Å². The average Bonchev–Trinajstić information content (AvgIpc) is 2.53. The highest BCUT2D eigenvalue weighted by Gasteiger charge is 2.16. The molecular weight excluding hydrogens is 166 g/mol. The van der Waals surface area contributed by atoms with Crippen LogP contribution in [0, 0.1) is 0 Å². The van der Waals surface area contributed by atoms with E-state index in [1.165, 1.54) is 25.7 Å². The molecule has 1 aliphatic rings. The Morgan fingerprint density at radius 1 is 1.54 bits per heavy atom. The van der Waals surface area contributed by atoms with E-state index in [2.05, 4.69) is 12.2 Å². The number of carboxylic acid groups (broad SMARTS) is 1. The van der Waals surface area contributed by atoms with Crippen LogP contribution in [0.2, 0.25) is 0 Å². The summed E-state index contributed by atoms with van der Waals surface area (Å²) in [6.45, 7) is 2.07. The van der Waals surface area contributed by atoms with E-state index < -0.39 is 5.97 Å². The summed E-state index contributed by atoms with van der Waals surface area (Å²) < 4.78 is 0. The quantitative estimate of drug-likeness (QED) is 0.686. The minimum absolute atomic E-state index is 0.279. The van der Waals surface area contributed by atoms with Crippen molar-refractivity contribution in [3.63, 3.8) is 0 Å². The van der Waals surface area contributed by atoms with Crippen molar-refractivity contribution in [2.45, 2.75) is 57.5 Å². The highest BCUT2D eigenvalue weighted by molar-refractivity contribution is 5.66. The van der Waals surface area contributed by atoms with Gasteiger partial charge < -0.3 is 10.4 Å². The largest absolute Gasteiger partial charge is 0.481 e. The number of nitrogens with one attached hydrogen (secondary N) is 1. The van der Waals surface area contributed by atoms with Gasteiger partial charge in [0.2, 0.25) is 0 Å². The van der Waals surface area contributed by atoms with Crippen molar-refractivity contribution in [2.24, 2.45) is 0 Å². The molecule has 76 valence electrons. The first-order chi connectivity index (χ1) is 6.18. The minimum atomic E-state index is -0.694. The van der Waals surface area contributed by atoms with Crippen LogP contribution in [0.25, 0.3) is 0 Å². The van der Waals surface area contributed by atoms with E-state index in [9.17, 15) is 4.79 Å². The molecule has 1 unspecified atom stereocenters. The molecule has 1 aliphatic carbocycles. The summed E-state index contributed by atoms with van der Waals surface area (Å²) in [6.07, 6.45) is 6.19. The number of carboxylic acids is 1. The number of hydrogen-bond donors (Lipinski definition) is 2. The number of aliphatic carboxylic acids is 1. The van der Waals surface area contributed by atoms with Crippen molar-refractivity contribution in [3.8, 4) is 0 Å². The van der Waals surface area contributed by atoms with E-state index in [1.807, 2.05) is 0 Å². The van der Waals surface area contributed by atoms with Crippen molar-refractivity contribution < 1.29 is 9.90 Å². The molecule has 0 aromatic rings. The smallest absolute Gasteiger partial charge is 0.303 e. The highest BCUT2D eigenvalue weighted by atomic mass is 16.4. The highest BCUT2D eigenvalue weighted by Crippen LogP contribution is 2.18. The maximum Gasteiger partial charge on any atom is 0.303 e. The van der Waals surface area contributed by atoms with Crippen LogP contribution < -0.4 is 5.32 Å². The molecule has 3 nitrogen and oxygen atoms in total. The molecule has 2 N–H and O–H groups in total. The lowest BCUT2D eigenvalue weighted by Crippen LogP contribution is -2.34. The minimum Gasteiger partial charge on any atom is -0.481 e. The molecule has 0 aromatic carbocycles. The van der Waals surface area contributed by atoms with Crippen molar-refractivity contribution in [2.75, 3.05) is 0 Å². The van der Waals surface area contributed by atoms with Crippen molar-refractivity contribution in [1.82, 2.24) is 5.32 Å². The lowest BCUT2D eigenvalue weighted by atomic mass is 10.1. The van der Waals surface area contributed by atoms with Crippen LogP contribution in [0.1, 0.15) is 45.4 Å². The fourth-order valence-corrected chi connectivity index (χ4v) is 1.92. The fraction of sp³-hybridized carbons (Fsp3) is 0.900. The predicted molar refractivity (Wildman–Crippen MR) is 51.7 cm³/mol. The lowest BCUT2D eigenvalue weighted by Gasteiger charge is -2.18. The molecule has 0 heterocycles. The summed E-state index contributed by atoms with van der Waals surface area (Å²) in [4.78, 5) is 10.3. The van der Waals surface area contributed by atoms with E-state index in [1.54, 1.807) is 0 Å². The Kier molecular flexibility index (Phi) is 4.22. The Bertz CT molecular complexity index is 164. The van der Waals surface area contributed by atoms with Gasteiger partial charge in [0.15, 0.2) is 0 Å². The molecule has 0 radical (unpaired) electrons. The van der Waals surface area contributed by atoms with Gasteiger partial charge in [0, 0.05) is 18.5 Å². The van der Waals surface area contributed by atoms with Gasteiger partial charge in [-0.2, -0.15) is 0 Å². The van der Waals surface area contributed by atoms with Gasteiger partial charge in [0.25, 0.3) is 0 Å². The topological polar surface area (TPSA) is 49.3 Å². The predicted octanol–water partition coefficient (Wildman–Crippen LogP) is 1.77. The van der Waals surface area contributed by atoms with Gasteiger partial charge in [-0.25, -0.2) is 0 Å². The SMILES string of the molecule is CC(CCC(=O)O)NC1CCCC1. The second-order valence-electron chi connectivity index (χ2n) is 3.98. The van der Waals surface area contributed by atoms with Crippen LogP contribution in [0.5, 0.6) is 0 Å². The first-order valence-electron chi connectivity index (χ1n) is 5.16. The van der Waals surface area contributed by atoms with Crippen LogP contribution in [0.3, 0.4) is 0 Å². The summed E-state index contributed by atoms with van der Waals surface area (Å²) in [7, 11) is 0. The number of hydrogen-bond acceptors (Lipinski definition) is 2. The van der Waals surface area contributed by atoms with E-state index in [-0.39, 0.29) is 6.42 Å². The molecule has 13 heavy (non-hydrogen) atoms. The van der Waals surface area contributed by atoms with Gasteiger partial charge in [-0.1, -0.05) is 12.8 Å². The maximum absolute atomic E-state index is 10.3. The van der Waals surface area contributed by atoms with Gasteiger partial charge in [0.1, 0.15) is 0 Å². The van der Waals surface area contributed by atoms with E-state index in [4.69, 9.17) is 5.11 Å². The Morgan fingerprint density at radius 2 is 2.15 bits per heavy atom. The zero-order valence-corrected chi connectivity index (χ0v) is 8.25. The third-order valence-corrected chi connectivity index (χ3v) is 2.67. The molecule has 0 amide bonds. The first-order valence-corrected chi connectivity index (χ1v) is 5.16. The molecular formula is C10H19NO2. The average molecular weight is 185 g/mol. The Labute approximate surface area is 79.5 Å². The van der Waals surface area contributed by atoms with Gasteiger partial charge in [-0.15, -0.1) is 0 Å². The van der Waals surface area contributed by atoms with Crippen LogP contribution in [-0.4, -0.2) is 23.2 Å². The molecule has 1 rings (SSSR count). The first kappa shape index (κ1) is 10.5. The van der Waals surface area contributed by atoms with Crippen molar-refractivity contribution in [1.29, 1.82) is 0 Å². The van der Waals surface area contributed by atoms with E-state index in [0.29, 0.717) is 12.1 Å². The van der Waals surface area contributed by atoms with E-state index >= 15 is 0 Å². The number of carbonyl (C=O) groups is 1. The van der Waals surface area contributed by atoms with Crippen LogP contribution in [-0.2, 0) is 4.79 Å². The van der Waals surface area contributed by atoms with Crippen LogP contribution >= 0.6 is 0 Å². The summed E-state index contributed by atoms with van der Waals surface area (Å²) in [5.41, 5.74) is 0. The fourth-order valence-electron chi connectivity index (χ4n) is 1.92. The number of rotatable bonds is 5. The van der Waals surface area contributed by atoms with Crippen LogP contribution in [0.4, 0.5) is 0 Å². The molecule has 0 saturated heterocycles. The second-order valence-corrected chi connectivity index (χ2v) is 3.98. The molecule has 0 aromatic heterocycles. The second kappa shape index (κ2) is 5.22. The third kappa shape index (κ3) is 4.27. The Balaban J connectivity index is 2.09. The van der Waals surface area contributed by atoms with Gasteiger partial charge in [-0.05, 0) is 26.2 Å². The maximum atomic E-state index is 10.3. The van der Waals surface area contributed by atoms with Gasteiger partial charge in [-0.3, -0.25) is 4.79 Å². The summed E-state index contributed by atoms with van der Waals surface area (Å²) in [5.74, 6) is -0.694. The molecule has 3 heteroatoms. The third-order valence-electron chi connectivity index (χ3n) is 2.67. The summed E-state index contributed by atoms with van der Waals surface area (Å²) in [6, 6.07) is 0.989. The molecule has 0 spiro atoms. The van der Waals surface area contributed by atoms with Crippen molar-refractivity contribution >= 4 is 5.97 Å². The molecule has 1 atom stereocenters. The van der Waals surface area contributed by atoms with Gasteiger partial charge in [0.05, 0.1) is 0 Å². The van der Waals surface area contributed by atoms with E-state index in [0.717, 1.165) is 6.42 Å². The zero-order valence-electron chi connectivity index (χ0n) is 8.25. The summed E-state index contributed by atoms with van der Waals surface area (Å²) in [5, 5.41) is 12.0. The van der Waals surface area contributed by atoms with Crippen molar-refractivity contribution in [3.05, 3.63) is 0 Å². The molecule has 1 saturated carbocycles. The van der Waals surface area contributed by atoms with Gasteiger partial charge >= 0.3 is 5.97 Å². The normalized spacial score (nSPS) is 20.4.